The van der Waals surface area contributed by atoms with Crippen LogP contribution in [0.1, 0.15) is 41.5 Å². The van der Waals surface area contributed by atoms with E-state index >= 15 is 4.39 Å². The summed E-state index contributed by atoms with van der Waals surface area (Å²) in [4.78, 5) is 50.5. The molecule has 1 saturated heterocycles. The Bertz CT molecular complexity index is 2080. The fraction of sp³-hybridized carbons (Fsp3) is 0.412. The van der Waals surface area contributed by atoms with Gasteiger partial charge in [-0.1, -0.05) is 0 Å². The summed E-state index contributed by atoms with van der Waals surface area (Å²) >= 11 is 0. The van der Waals surface area contributed by atoms with Crippen molar-refractivity contribution in [1.82, 2.24) is 30.2 Å². The van der Waals surface area contributed by atoms with Crippen molar-refractivity contribution in [3.8, 4) is 11.8 Å². The number of carbonyl (C=O) groups excluding carboxylic acids is 2. The maximum atomic E-state index is 15.3. The summed E-state index contributed by atoms with van der Waals surface area (Å²) in [6.45, 7) is 12.0. The molecule has 1 aliphatic carbocycles. The summed E-state index contributed by atoms with van der Waals surface area (Å²) in [6.07, 6.45) is 2.17. The van der Waals surface area contributed by atoms with Gasteiger partial charge < -0.3 is 29.4 Å². The Balaban J connectivity index is 1.27. The number of carbonyl (C=O) groups is 2. The third-order valence-electron chi connectivity index (χ3n) is 8.31. The Kier molecular flexibility index (Phi) is 7.29. The van der Waals surface area contributed by atoms with E-state index in [0.717, 1.165) is 0 Å². The molecule has 13 nitrogen and oxygen atoms in total. The molecule has 48 heavy (non-hydrogen) atoms. The van der Waals surface area contributed by atoms with Gasteiger partial charge in [-0.05, 0) is 65.8 Å². The highest BCUT2D eigenvalue weighted by Crippen LogP contribution is 2.49. The molecule has 0 spiro atoms. The number of hydrogen-bond donors (Lipinski definition) is 2. The number of anilines is 2. The van der Waals surface area contributed by atoms with Crippen LogP contribution in [0.3, 0.4) is 0 Å². The fourth-order valence-electron chi connectivity index (χ4n) is 6.23. The second kappa shape index (κ2) is 11.2. The molecule has 5 heterocycles. The Hall–Kier alpha value is -5.27. The van der Waals surface area contributed by atoms with Gasteiger partial charge in [0.1, 0.15) is 28.5 Å². The van der Waals surface area contributed by atoms with Gasteiger partial charge in [-0.15, -0.1) is 0 Å². The van der Waals surface area contributed by atoms with E-state index in [2.05, 4.69) is 30.2 Å². The van der Waals surface area contributed by atoms with Crippen LogP contribution in [0.2, 0.25) is 0 Å². The van der Waals surface area contributed by atoms with Gasteiger partial charge in [0.15, 0.2) is 5.75 Å². The number of H-pyrrole nitrogens is 1. The second-order valence-corrected chi connectivity index (χ2v) is 14.3. The van der Waals surface area contributed by atoms with E-state index in [1.54, 1.807) is 45.3 Å². The predicted octanol–water partition coefficient (Wildman–Crippen LogP) is 6.32. The number of fused-ring (bicyclic) bond motifs is 5. The van der Waals surface area contributed by atoms with E-state index in [4.69, 9.17) is 19.2 Å². The zero-order chi connectivity index (χ0) is 34.1. The van der Waals surface area contributed by atoms with Gasteiger partial charge in [0.25, 0.3) is 0 Å². The first-order chi connectivity index (χ1) is 22.6. The minimum absolute atomic E-state index is 0.0187. The Morgan fingerprint density at radius 3 is 2.44 bits per heavy atom. The lowest BCUT2D eigenvalue weighted by atomic mass is 10.1. The largest absolute Gasteiger partial charge is 0.444 e. The van der Waals surface area contributed by atoms with Crippen LogP contribution in [-0.4, -0.2) is 74.5 Å². The van der Waals surface area contributed by atoms with E-state index < -0.39 is 29.2 Å². The van der Waals surface area contributed by atoms with Crippen molar-refractivity contribution in [3.63, 3.8) is 0 Å². The molecule has 7 rings (SSSR count). The van der Waals surface area contributed by atoms with E-state index in [9.17, 15) is 9.59 Å². The summed E-state index contributed by atoms with van der Waals surface area (Å²) in [5, 5.41) is 4.07. The minimum Gasteiger partial charge on any atom is -0.444 e. The molecule has 0 bridgehead atoms. The number of piperidine rings is 1. The van der Waals surface area contributed by atoms with Crippen LogP contribution in [0.25, 0.3) is 33.0 Å². The predicted molar refractivity (Wildman–Crippen MR) is 178 cm³/mol. The zero-order valence-corrected chi connectivity index (χ0v) is 27.8. The number of aromatic nitrogens is 5. The number of halogens is 1. The lowest BCUT2D eigenvalue weighted by molar-refractivity contribution is 0.0516. The first-order valence-electron chi connectivity index (χ1n) is 15.8. The molecule has 1 aromatic carbocycles. The van der Waals surface area contributed by atoms with Crippen molar-refractivity contribution < 1.29 is 28.2 Å². The van der Waals surface area contributed by atoms with Gasteiger partial charge in [-0.2, -0.15) is 9.97 Å². The molecule has 2 fully saturated rings. The van der Waals surface area contributed by atoms with Crippen LogP contribution in [0.4, 0.5) is 25.5 Å². The zero-order valence-electron chi connectivity index (χ0n) is 27.8. The molecule has 0 radical (unpaired) electrons. The first-order valence-corrected chi connectivity index (χ1v) is 15.8. The molecular formula is C34H37FN8O5. The number of pyridine rings is 2. The lowest BCUT2D eigenvalue weighted by Gasteiger charge is -2.25. The van der Waals surface area contributed by atoms with E-state index in [0.29, 0.717) is 57.6 Å². The van der Waals surface area contributed by atoms with Crippen LogP contribution >= 0.6 is 0 Å². The summed E-state index contributed by atoms with van der Waals surface area (Å²) < 4.78 is 32.5. The van der Waals surface area contributed by atoms with Crippen molar-refractivity contribution in [1.29, 1.82) is 0 Å². The van der Waals surface area contributed by atoms with Crippen LogP contribution in [0, 0.1) is 17.7 Å². The fourth-order valence-corrected chi connectivity index (χ4v) is 6.23. The number of alkyl carbamates (subject to hydrolysis) is 1. The van der Waals surface area contributed by atoms with Gasteiger partial charge >= 0.3 is 18.2 Å². The quantitative estimate of drug-likeness (QED) is 0.220. The van der Waals surface area contributed by atoms with Crippen molar-refractivity contribution in [2.75, 3.05) is 29.9 Å². The number of amides is 2. The average molecular weight is 657 g/mol. The number of ether oxygens (including phenoxy) is 3. The molecule has 2 aliphatic rings. The highest BCUT2D eigenvalue weighted by Gasteiger charge is 2.57. The number of aromatic amines is 1. The molecule has 250 valence electrons. The van der Waals surface area contributed by atoms with E-state index in [1.807, 2.05) is 26.8 Å². The highest BCUT2D eigenvalue weighted by molar-refractivity contribution is 6.16. The first kappa shape index (κ1) is 31.3. The molecule has 2 unspecified atom stereocenters. The minimum atomic E-state index is -0.747. The number of nitrogens with one attached hydrogen (secondary N) is 2. The lowest BCUT2D eigenvalue weighted by Crippen LogP contribution is -2.38. The van der Waals surface area contributed by atoms with Crippen LogP contribution < -0.4 is 19.9 Å². The van der Waals surface area contributed by atoms with E-state index in [1.165, 1.54) is 24.1 Å². The molecule has 4 aromatic heterocycles. The summed E-state index contributed by atoms with van der Waals surface area (Å²) in [7, 11) is 1.53. The van der Waals surface area contributed by atoms with Crippen molar-refractivity contribution in [2.24, 2.45) is 11.8 Å². The summed E-state index contributed by atoms with van der Waals surface area (Å²) in [5.74, 6) is 0.746. The molecule has 1 aliphatic heterocycles. The Morgan fingerprint density at radius 2 is 1.73 bits per heavy atom. The van der Waals surface area contributed by atoms with Crippen LogP contribution in [-0.2, 0) is 9.47 Å². The molecule has 2 atom stereocenters. The van der Waals surface area contributed by atoms with Gasteiger partial charge in [-0.3, -0.25) is 14.9 Å². The molecule has 5 aromatic rings. The topological polar surface area (TPSA) is 148 Å². The second-order valence-electron chi connectivity index (χ2n) is 14.3. The van der Waals surface area contributed by atoms with Crippen molar-refractivity contribution >= 4 is 56.7 Å². The normalized spacial score (nSPS) is 19.0. The van der Waals surface area contributed by atoms with Crippen LogP contribution in [0.15, 0.2) is 42.7 Å². The van der Waals surface area contributed by atoms with Crippen molar-refractivity contribution in [3.05, 3.63) is 48.5 Å². The molecule has 1 saturated carbocycles. The SMILES string of the molecule is CN(C(=O)OC(C)(C)C)c1cc(F)cc2c1[nH]c1nc(Oc3cnc4cccnc4c3)nc(N3CC4C(C3)C4NC(=O)OC(C)(C)C)c12. The van der Waals surface area contributed by atoms with Crippen LogP contribution in [0.5, 0.6) is 11.8 Å². The molecular weight excluding hydrogens is 619 g/mol. The van der Waals surface area contributed by atoms with Gasteiger partial charge in [-0.25, -0.2) is 14.0 Å². The Morgan fingerprint density at radius 1 is 1.00 bits per heavy atom. The number of hydrogen-bond acceptors (Lipinski definition) is 10. The van der Waals surface area contributed by atoms with Gasteiger partial charge in [0.2, 0.25) is 0 Å². The molecule has 2 amide bonds. The standard InChI is InChI=1S/C34H37FN8O5/c1-33(2,3)47-31(44)39-26-20-15-43(16-21(20)26)29-25-19-11-17(35)12-24(42(7)32(45)48-34(4,5)6)27(19)38-28(25)40-30(41-29)46-18-13-23-22(37-14-18)9-8-10-36-23/h8-14,20-21,26H,15-16H2,1-7H3,(H,39,44)(H,38,40,41). The maximum Gasteiger partial charge on any atom is 0.414 e. The Labute approximate surface area is 275 Å². The van der Waals surface area contributed by atoms with Gasteiger partial charge in [0, 0.05) is 55.7 Å². The summed E-state index contributed by atoms with van der Waals surface area (Å²) in [5.41, 5.74) is 1.18. The molecule has 2 N–H and O–H groups in total. The third-order valence-corrected chi connectivity index (χ3v) is 8.31. The van der Waals surface area contributed by atoms with E-state index in [-0.39, 0.29) is 29.6 Å². The maximum absolute atomic E-state index is 15.3. The molecule has 14 heteroatoms. The van der Waals surface area contributed by atoms with Crippen molar-refractivity contribution in [2.45, 2.75) is 58.8 Å². The number of nitrogens with zero attached hydrogens (tertiary/aromatic N) is 6. The smallest absolute Gasteiger partial charge is 0.414 e. The monoisotopic (exact) mass is 656 g/mol. The highest BCUT2D eigenvalue weighted by atomic mass is 19.1. The third kappa shape index (κ3) is 6.09. The van der Waals surface area contributed by atoms with Gasteiger partial charge in [0.05, 0.1) is 33.8 Å². The number of benzene rings is 1. The summed E-state index contributed by atoms with van der Waals surface area (Å²) in [6, 6.07) is 8.12. The average Bonchev–Trinajstić information content (AvgIpc) is 3.29. The number of rotatable bonds is 5.